The normalized spacial score (nSPS) is 10.4. The lowest BCUT2D eigenvalue weighted by Gasteiger charge is -2.06. The van der Waals surface area contributed by atoms with E-state index in [1.54, 1.807) is 62.8 Å². The van der Waals surface area contributed by atoms with Crippen molar-refractivity contribution in [3.05, 3.63) is 58.9 Å². The lowest BCUT2D eigenvalue weighted by Crippen LogP contribution is -2.17. The predicted octanol–water partition coefficient (Wildman–Crippen LogP) is 2.58. The van der Waals surface area contributed by atoms with Crippen molar-refractivity contribution in [2.24, 2.45) is 0 Å². The third kappa shape index (κ3) is 4.89. The molecule has 0 saturated heterocycles. The fourth-order valence-corrected chi connectivity index (χ4v) is 2.93. The molecule has 1 amide bonds. The zero-order valence-corrected chi connectivity index (χ0v) is 16.1. The number of nitrogens with one attached hydrogen (secondary N) is 2. The number of thioether (sulfide) groups is 1. The van der Waals surface area contributed by atoms with Crippen molar-refractivity contribution < 1.29 is 14.3 Å². The Morgan fingerprint density at radius 1 is 1.00 bits per heavy atom. The van der Waals surface area contributed by atoms with Crippen molar-refractivity contribution >= 4 is 23.4 Å². The highest BCUT2D eigenvalue weighted by molar-refractivity contribution is 7.99. The van der Waals surface area contributed by atoms with Crippen LogP contribution in [0.5, 0.6) is 11.5 Å². The zero-order valence-electron chi connectivity index (χ0n) is 15.3. The summed E-state index contributed by atoms with van der Waals surface area (Å²) in [6.45, 7) is 0. The molecular weight excluding hydrogens is 380 g/mol. The number of carbonyl (C=O) groups is 1. The SMILES string of the molecule is COc1ccc(NC(=O)CSc2nnc(-c3ccc(OC)cc3)c(=O)[nH]2)cc1. The molecule has 1 aromatic heterocycles. The Labute approximate surface area is 165 Å². The van der Waals surface area contributed by atoms with E-state index in [0.29, 0.717) is 22.7 Å². The van der Waals surface area contributed by atoms with Gasteiger partial charge >= 0.3 is 0 Å². The van der Waals surface area contributed by atoms with E-state index >= 15 is 0 Å². The molecule has 0 atom stereocenters. The Morgan fingerprint density at radius 3 is 2.18 bits per heavy atom. The first kappa shape index (κ1) is 19.4. The van der Waals surface area contributed by atoms with Crippen LogP contribution < -0.4 is 20.3 Å². The molecule has 0 spiro atoms. The van der Waals surface area contributed by atoms with Gasteiger partial charge in [0.25, 0.3) is 5.56 Å². The van der Waals surface area contributed by atoms with E-state index in [0.717, 1.165) is 11.8 Å². The summed E-state index contributed by atoms with van der Waals surface area (Å²) in [5.41, 5.74) is 1.11. The van der Waals surface area contributed by atoms with Crippen molar-refractivity contribution in [3.63, 3.8) is 0 Å². The van der Waals surface area contributed by atoms with Gasteiger partial charge in [0.15, 0.2) is 10.9 Å². The minimum Gasteiger partial charge on any atom is -0.497 e. The Balaban J connectivity index is 1.60. The number of ether oxygens (including phenoxy) is 2. The molecule has 9 heteroatoms. The molecule has 2 N–H and O–H groups in total. The number of hydrogen-bond acceptors (Lipinski definition) is 7. The first-order valence-corrected chi connectivity index (χ1v) is 9.25. The van der Waals surface area contributed by atoms with E-state index < -0.39 is 0 Å². The molecule has 144 valence electrons. The van der Waals surface area contributed by atoms with Gasteiger partial charge in [-0.1, -0.05) is 11.8 Å². The Hall–Kier alpha value is -3.33. The number of nitrogens with zero attached hydrogens (tertiary/aromatic N) is 2. The summed E-state index contributed by atoms with van der Waals surface area (Å²) in [5, 5.41) is 11.0. The van der Waals surface area contributed by atoms with Crippen LogP contribution in [0.2, 0.25) is 0 Å². The van der Waals surface area contributed by atoms with E-state index in [2.05, 4.69) is 20.5 Å². The van der Waals surface area contributed by atoms with E-state index in [9.17, 15) is 9.59 Å². The Kier molecular flexibility index (Phi) is 6.28. The maximum Gasteiger partial charge on any atom is 0.278 e. The van der Waals surface area contributed by atoms with E-state index in [1.807, 2.05) is 0 Å². The molecule has 0 radical (unpaired) electrons. The second-order valence-electron chi connectivity index (χ2n) is 5.60. The Bertz CT molecular complexity index is 1000. The maximum absolute atomic E-state index is 12.3. The van der Waals surface area contributed by atoms with Gasteiger partial charge in [0.1, 0.15) is 11.5 Å². The number of carbonyl (C=O) groups excluding carboxylic acids is 1. The minimum atomic E-state index is -0.377. The third-order valence-corrected chi connectivity index (χ3v) is 4.62. The van der Waals surface area contributed by atoms with Crippen LogP contribution in [0.3, 0.4) is 0 Å². The molecule has 2 aromatic carbocycles. The van der Waals surface area contributed by atoms with Gasteiger partial charge in [-0.2, -0.15) is 0 Å². The maximum atomic E-state index is 12.3. The second kappa shape index (κ2) is 9.05. The van der Waals surface area contributed by atoms with Crippen molar-refractivity contribution in [1.29, 1.82) is 0 Å². The number of methoxy groups -OCH3 is 2. The molecule has 3 aromatic rings. The van der Waals surface area contributed by atoms with Crippen molar-refractivity contribution in [2.75, 3.05) is 25.3 Å². The van der Waals surface area contributed by atoms with Gasteiger partial charge in [-0.05, 0) is 48.5 Å². The molecule has 0 saturated carbocycles. The zero-order chi connectivity index (χ0) is 19.9. The molecule has 1 heterocycles. The number of aromatic amines is 1. The van der Waals surface area contributed by atoms with Gasteiger partial charge in [0, 0.05) is 11.3 Å². The molecule has 0 aliphatic heterocycles. The van der Waals surface area contributed by atoms with Crippen LogP contribution in [-0.4, -0.2) is 41.1 Å². The highest BCUT2D eigenvalue weighted by Crippen LogP contribution is 2.19. The molecule has 0 bridgehead atoms. The van der Waals surface area contributed by atoms with Crippen molar-refractivity contribution in [2.45, 2.75) is 5.16 Å². The predicted molar refractivity (Wildman–Crippen MR) is 107 cm³/mol. The first-order valence-electron chi connectivity index (χ1n) is 8.27. The number of amides is 1. The van der Waals surface area contributed by atoms with Crippen LogP contribution in [0.1, 0.15) is 0 Å². The smallest absolute Gasteiger partial charge is 0.278 e. The number of benzene rings is 2. The van der Waals surface area contributed by atoms with Crippen molar-refractivity contribution in [1.82, 2.24) is 15.2 Å². The van der Waals surface area contributed by atoms with E-state index in [4.69, 9.17) is 9.47 Å². The lowest BCUT2D eigenvalue weighted by atomic mass is 10.1. The van der Waals surface area contributed by atoms with Gasteiger partial charge in [-0.3, -0.25) is 14.6 Å². The van der Waals surface area contributed by atoms with Gasteiger partial charge < -0.3 is 14.8 Å². The summed E-state index contributed by atoms with van der Waals surface area (Å²) in [4.78, 5) is 27.0. The summed E-state index contributed by atoms with van der Waals surface area (Å²) in [7, 11) is 3.14. The van der Waals surface area contributed by atoms with E-state index in [-0.39, 0.29) is 28.1 Å². The molecule has 0 aliphatic rings. The summed E-state index contributed by atoms with van der Waals surface area (Å²) in [6.07, 6.45) is 0. The standard InChI is InChI=1S/C19H18N4O4S/c1-26-14-7-3-12(4-8-14)17-18(25)21-19(23-22-17)28-11-16(24)20-13-5-9-15(27-2)10-6-13/h3-10H,11H2,1-2H3,(H,20,24)(H,21,23,25). The summed E-state index contributed by atoms with van der Waals surface area (Å²) in [6, 6.07) is 13.9. The quantitative estimate of drug-likeness (QED) is 0.589. The molecule has 8 nitrogen and oxygen atoms in total. The average Bonchev–Trinajstić information content (AvgIpc) is 2.73. The van der Waals surface area contributed by atoms with Crippen LogP contribution in [-0.2, 0) is 4.79 Å². The monoisotopic (exact) mass is 398 g/mol. The van der Waals surface area contributed by atoms with Crippen LogP contribution in [0.4, 0.5) is 5.69 Å². The van der Waals surface area contributed by atoms with Crippen LogP contribution in [0.25, 0.3) is 11.3 Å². The van der Waals surface area contributed by atoms with Crippen LogP contribution in [0.15, 0.2) is 58.5 Å². The molecular formula is C19H18N4O4S. The topological polar surface area (TPSA) is 106 Å². The number of rotatable bonds is 7. The average molecular weight is 398 g/mol. The molecule has 28 heavy (non-hydrogen) atoms. The second-order valence-corrected chi connectivity index (χ2v) is 6.57. The van der Waals surface area contributed by atoms with Crippen molar-refractivity contribution in [3.8, 4) is 22.8 Å². The summed E-state index contributed by atoms with van der Waals surface area (Å²) < 4.78 is 10.2. The molecule has 0 unspecified atom stereocenters. The molecule has 3 rings (SSSR count). The summed E-state index contributed by atoms with van der Waals surface area (Å²) >= 11 is 1.09. The number of hydrogen-bond donors (Lipinski definition) is 2. The fourth-order valence-electron chi connectivity index (χ4n) is 2.33. The van der Waals surface area contributed by atoms with Gasteiger partial charge in [-0.25, -0.2) is 0 Å². The van der Waals surface area contributed by atoms with E-state index in [1.165, 1.54) is 0 Å². The highest BCUT2D eigenvalue weighted by Gasteiger charge is 2.10. The minimum absolute atomic E-state index is 0.0819. The number of aromatic nitrogens is 3. The number of anilines is 1. The lowest BCUT2D eigenvalue weighted by molar-refractivity contribution is -0.113. The van der Waals surface area contributed by atoms with Crippen LogP contribution >= 0.6 is 11.8 Å². The van der Waals surface area contributed by atoms with Gasteiger partial charge in [0.2, 0.25) is 5.91 Å². The van der Waals surface area contributed by atoms with Crippen LogP contribution in [0, 0.1) is 0 Å². The van der Waals surface area contributed by atoms with Gasteiger partial charge in [-0.15, -0.1) is 10.2 Å². The Morgan fingerprint density at radius 2 is 1.61 bits per heavy atom. The van der Waals surface area contributed by atoms with Gasteiger partial charge in [0.05, 0.1) is 20.0 Å². The molecule has 0 aliphatic carbocycles. The number of H-pyrrole nitrogens is 1. The molecule has 0 fully saturated rings. The first-order chi connectivity index (χ1) is 13.6. The fraction of sp³-hybridized carbons (Fsp3) is 0.158. The highest BCUT2D eigenvalue weighted by atomic mass is 32.2. The third-order valence-electron chi connectivity index (χ3n) is 3.75. The largest absolute Gasteiger partial charge is 0.497 e. The summed E-state index contributed by atoms with van der Waals surface area (Å²) in [5.74, 6) is 1.25.